The van der Waals surface area contributed by atoms with Gasteiger partial charge in [0.05, 0.1) is 24.0 Å². The van der Waals surface area contributed by atoms with Gasteiger partial charge in [-0.2, -0.15) is 0 Å². The Morgan fingerprint density at radius 1 is 1.17 bits per heavy atom. The van der Waals surface area contributed by atoms with Crippen molar-refractivity contribution in [1.82, 2.24) is 5.32 Å². The number of carbonyl (C=O) groups excluding carboxylic acids is 1. The van der Waals surface area contributed by atoms with Crippen LogP contribution in [-0.4, -0.2) is 32.7 Å². The van der Waals surface area contributed by atoms with Crippen LogP contribution in [0.15, 0.2) is 36.4 Å². The molecule has 0 spiro atoms. The van der Waals surface area contributed by atoms with E-state index in [1.165, 1.54) is 9.87 Å². The first-order chi connectivity index (χ1) is 13.6. The van der Waals surface area contributed by atoms with Crippen LogP contribution < -0.4 is 14.4 Å². The lowest BCUT2D eigenvalue weighted by Crippen LogP contribution is -2.51. The SMILES string of the molecule is CCS(=O)(=O)N1C[C@H](C(=O)N[C@H](C)c2cc(C)c(C)cc2C)Oc2ccccc21. The zero-order chi connectivity index (χ0) is 21.3. The zero-order valence-electron chi connectivity index (χ0n) is 17.5. The van der Waals surface area contributed by atoms with Gasteiger partial charge in [0, 0.05) is 0 Å². The van der Waals surface area contributed by atoms with Crippen molar-refractivity contribution in [3.05, 3.63) is 58.7 Å². The molecule has 29 heavy (non-hydrogen) atoms. The largest absolute Gasteiger partial charge is 0.476 e. The fourth-order valence-corrected chi connectivity index (χ4v) is 4.72. The molecule has 2 atom stereocenters. The van der Waals surface area contributed by atoms with E-state index in [2.05, 4.69) is 24.4 Å². The van der Waals surface area contributed by atoms with Gasteiger partial charge in [0.25, 0.3) is 5.91 Å². The summed E-state index contributed by atoms with van der Waals surface area (Å²) in [5.74, 6) is 0.0142. The Bertz CT molecular complexity index is 1030. The van der Waals surface area contributed by atoms with Gasteiger partial charge in [-0.15, -0.1) is 0 Å². The third-order valence-corrected chi connectivity index (χ3v) is 7.18. The van der Waals surface area contributed by atoms with Crippen molar-refractivity contribution >= 4 is 21.6 Å². The van der Waals surface area contributed by atoms with Gasteiger partial charge in [-0.3, -0.25) is 9.10 Å². The highest BCUT2D eigenvalue weighted by Crippen LogP contribution is 2.35. The molecule has 156 valence electrons. The van der Waals surface area contributed by atoms with Crippen LogP contribution in [0.4, 0.5) is 5.69 Å². The number of aryl methyl sites for hydroxylation is 3. The normalized spacial score (nSPS) is 17.3. The molecular weight excluding hydrogens is 388 g/mol. The minimum atomic E-state index is -3.53. The van der Waals surface area contributed by atoms with E-state index in [1.807, 2.05) is 20.8 Å². The molecule has 6 nitrogen and oxygen atoms in total. The fraction of sp³-hybridized carbons (Fsp3) is 0.409. The monoisotopic (exact) mass is 416 g/mol. The Kier molecular flexibility index (Phi) is 5.89. The minimum Gasteiger partial charge on any atom is -0.476 e. The number of fused-ring (bicyclic) bond motifs is 1. The number of sulfonamides is 1. The first-order valence-electron chi connectivity index (χ1n) is 9.78. The van der Waals surface area contributed by atoms with Crippen molar-refractivity contribution in [3.63, 3.8) is 0 Å². The summed E-state index contributed by atoms with van der Waals surface area (Å²) in [6.07, 6.45) is -0.916. The van der Waals surface area contributed by atoms with Gasteiger partial charge in [0.2, 0.25) is 10.0 Å². The number of hydrogen-bond acceptors (Lipinski definition) is 4. The number of nitrogens with one attached hydrogen (secondary N) is 1. The van der Waals surface area contributed by atoms with Crippen LogP contribution in [0.25, 0.3) is 0 Å². The van der Waals surface area contributed by atoms with Crippen LogP contribution >= 0.6 is 0 Å². The van der Waals surface area contributed by atoms with Crippen molar-refractivity contribution in [2.45, 2.75) is 46.8 Å². The molecule has 1 heterocycles. The molecular formula is C22H28N2O4S. The number of carbonyl (C=O) groups is 1. The first kappa shape index (κ1) is 21.2. The van der Waals surface area contributed by atoms with Gasteiger partial charge >= 0.3 is 0 Å². The van der Waals surface area contributed by atoms with Gasteiger partial charge in [-0.05, 0) is 69.0 Å². The number of nitrogens with zero attached hydrogens (tertiary/aromatic N) is 1. The van der Waals surface area contributed by atoms with Gasteiger partial charge < -0.3 is 10.1 Å². The van der Waals surface area contributed by atoms with E-state index in [-0.39, 0.29) is 24.2 Å². The van der Waals surface area contributed by atoms with Crippen molar-refractivity contribution in [2.24, 2.45) is 0 Å². The highest BCUT2D eigenvalue weighted by atomic mass is 32.2. The molecule has 1 aliphatic heterocycles. The summed E-state index contributed by atoms with van der Waals surface area (Å²) in [7, 11) is -3.53. The number of anilines is 1. The molecule has 1 amide bonds. The highest BCUT2D eigenvalue weighted by Gasteiger charge is 2.36. The molecule has 1 aliphatic rings. The zero-order valence-corrected chi connectivity index (χ0v) is 18.3. The minimum absolute atomic E-state index is 0.0440. The van der Waals surface area contributed by atoms with E-state index >= 15 is 0 Å². The van der Waals surface area contributed by atoms with Gasteiger partial charge in [0.15, 0.2) is 6.10 Å². The van der Waals surface area contributed by atoms with Crippen molar-refractivity contribution in [2.75, 3.05) is 16.6 Å². The van der Waals surface area contributed by atoms with E-state index in [4.69, 9.17) is 4.74 Å². The van der Waals surface area contributed by atoms with E-state index in [9.17, 15) is 13.2 Å². The van der Waals surface area contributed by atoms with Crippen LogP contribution in [-0.2, 0) is 14.8 Å². The van der Waals surface area contributed by atoms with E-state index in [0.29, 0.717) is 11.4 Å². The number of para-hydroxylation sites is 2. The van der Waals surface area contributed by atoms with Crippen LogP contribution in [0.5, 0.6) is 5.75 Å². The molecule has 0 bridgehead atoms. The van der Waals surface area contributed by atoms with E-state index in [0.717, 1.165) is 16.7 Å². The van der Waals surface area contributed by atoms with Crippen molar-refractivity contribution in [3.8, 4) is 5.75 Å². The summed E-state index contributed by atoms with van der Waals surface area (Å²) in [6.45, 7) is 9.59. The van der Waals surface area contributed by atoms with Crippen LogP contribution in [0, 0.1) is 20.8 Å². The molecule has 0 aromatic heterocycles. The van der Waals surface area contributed by atoms with Crippen LogP contribution in [0.1, 0.15) is 42.1 Å². The smallest absolute Gasteiger partial charge is 0.263 e. The summed E-state index contributed by atoms with van der Waals surface area (Å²) in [4.78, 5) is 13.0. The third-order valence-electron chi connectivity index (χ3n) is 5.44. The quantitative estimate of drug-likeness (QED) is 0.811. The predicted octanol–water partition coefficient (Wildman–Crippen LogP) is 3.41. The topological polar surface area (TPSA) is 75.7 Å². The maximum Gasteiger partial charge on any atom is 0.263 e. The summed E-state index contributed by atoms with van der Waals surface area (Å²) in [6, 6.07) is 10.9. The average molecular weight is 417 g/mol. The number of hydrogen-bond donors (Lipinski definition) is 1. The van der Waals surface area contributed by atoms with Crippen molar-refractivity contribution < 1.29 is 17.9 Å². The molecule has 3 rings (SSSR count). The maximum atomic E-state index is 13.0. The molecule has 2 aromatic carbocycles. The lowest BCUT2D eigenvalue weighted by molar-refractivity contribution is -0.128. The molecule has 0 radical (unpaired) electrons. The van der Waals surface area contributed by atoms with Gasteiger partial charge in [-0.1, -0.05) is 24.3 Å². The van der Waals surface area contributed by atoms with E-state index in [1.54, 1.807) is 31.2 Å². The summed E-state index contributed by atoms with van der Waals surface area (Å²) in [5, 5.41) is 2.99. The average Bonchev–Trinajstić information content (AvgIpc) is 2.69. The lowest BCUT2D eigenvalue weighted by Gasteiger charge is -2.35. The van der Waals surface area contributed by atoms with Crippen LogP contribution in [0.3, 0.4) is 0 Å². The molecule has 0 saturated carbocycles. The van der Waals surface area contributed by atoms with Gasteiger partial charge in [-0.25, -0.2) is 8.42 Å². The Morgan fingerprint density at radius 3 is 2.52 bits per heavy atom. The highest BCUT2D eigenvalue weighted by molar-refractivity contribution is 7.92. The Morgan fingerprint density at radius 2 is 1.83 bits per heavy atom. The standard InChI is InChI=1S/C22H28N2O4S/c1-6-29(26,27)24-13-21(28-20-10-8-7-9-19(20)24)22(25)23-17(5)18-12-15(3)14(2)11-16(18)4/h7-12,17,21H,6,13H2,1-5H3,(H,23,25)/t17-,21-/m1/s1. The van der Waals surface area contributed by atoms with E-state index < -0.39 is 16.1 Å². The molecule has 7 heteroatoms. The predicted molar refractivity (Wildman–Crippen MR) is 115 cm³/mol. The number of rotatable bonds is 5. The maximum absolute atomic E-state index is 13.0. The molecule has 0 aliphatic carbocycles. The summed E-state index contributed by atoms with van der Waals surface area (Å²) >= 11 is 0. The molecule has 2 aromatic rings. The molecule has 0 unspecified atom stereocenters. The summed E-state index contributed by atoms with van der Waals surface area (Å²) in [5.41, 5.74) is 4.98. The second-order valence-electron chi connectivity index (χ2n) is 7.53. The number of amides is 1. The molecule has 0 saturated heterocycles. The third kappa shape index (κ3) is 4.24. The second kappa shape index (κ2) is 8.06. The van der Waals surface area contributed by atoms with Gasteiger partial charge in [0.1, 0.15) is 5.75 Å². The second-order valence-corrected chi connectivity index (χ2v) is 9.71. The fourth-order valence-electron chi connectivity index (χ4n) is 3.59. The molecule has 1 N–H and O–H groups in total. The number of ether oxygens (including phenoxy) is 1. The number of benzene rings is 2. The van der Waals surface area contributed by atoms with Crippen molar-refractivity contribution in [1.29, 1.82) is 0 Å². The Balaban J connectivity index is 1.84. The van der Waals surface area contributed by atoms with Crippen LogP contribution in [0.2, 0.25) is 0 Å². The molecule has 0 fully saturated rings. The lowest BCUT2D eigenvalue weighted by atomic mass is 9.96. The Labute approximate surface area is 172 Å². The Hall–Kier alpha value is -2.54. The first-order valence-corrected chi connectivity index (χ1v) is 11.4. The summed E-state index contributed by atoms with van der Waals surface area (Å²) < 4.78 is 32.3.